The number of carbonyl (C=O) groups excluding carboxylic acids is 4. The molecule has 170 valence electrons. The molecule has 2 fully saturated rings. The Kier molecular flexibility index (Phi) is 5.49. The molecule has 0 radical (unpaired) electrons. The molecule has 1 unspecified atom stereocenters. The van der Waals surface area contributed by atoms with Crippen LogP contribution in [0.15, 0.2) is 30.9 Å². The Labute approximate surface area is 184 Å². The van der Waals surface area contributed by atoms with Gasteiger partial charge in [-0.25, -0.2) is 14.1 Å². The SMILES string of the molecule is C=CCC(F)NC(=O)CN1C(=O)O[C@]2(CCc3cc(NC(=O)C4(N)CCC4)ccc32)C1=O. The smallest absolute Gasteiger partial charge is 0.418 e. The lowest BCUT2D eigenvalue weighted by atomic mass is 9.77. The fourth-order valence-electron chi connectivity index (χ4n) is 4.34. The van der Waals surface area contributed by atoms with Gasteiger partial charge in [0.1, 0.15) is 6.54 Å². The predicted molar refractivity (Wildman–Crippen MR) is 112 cm³/mol. The molecule has 4 amide bonds. The molecular formula is C22H25FN4O5. The number of imide groups is 1. The average molecular weight is 444 g/mol. The maximum atomic E-state index is 13.6. The highest BCUT2D eigenvalue weighted by atomic mass is 19.1. The van der Waals surface area contributed by atoms with E-state index in [1.807, 2.05) is 0 Å². The van der Waals surface area contributed by atoms with Crippen LogP contribution in [-0.2, 0) is 31.1 Å². The topological polar surface area (TPSA) is 131 Å². The number of nitrogens with two attached hydrogens (primary N) is 1. The summed E-state index contributed by atoms with van der Waals surface area (Å²) >= 11 is 0. The Bertz CT molecular complexity index is 1010. The summed E-state index contributed by atoms with van der Waals surface area (Å²) < 4.78 is 19.0. The number of anilines is 1. The molecule has 3 aliphatic rings. The number of alkyl halides is 1. The highest BCUT2D eigenvalue weighted by Crippen LogP contribution is 2.46. The number of benzene rings is 1. The number of halogens is 1. The summed E-state index contributed by atoms with van der Waals surface area (Å²) in [6, 6.07) is 5.01. The van der Waals surface area contributed by atoms with Crippen LogP contribution in [0.3, 0.4) is 0 Å². The first-order chi connectivity index (χ1) is 15.2. The van der Waals surface area contributed by atoms with Crippen molar-refractivity contribution in [2.75, 3.05) is 11.9 Å². The Morgan fingerprint density at radius 3 is 2.72 bits per heavy atom. The van der Waals surface area contributed by atoms with Gasteiger partial charge in [0.2, 0.25) is 17.4 Å². The van der Waals surface area contributed by atoms with Crippen LogP contribution in [0.5, 0.6) is 0 Å². The zero-order chi connectivity index (χ0) is 23.1. The molecule has 4 rings (SSSR count). The summed E-state index contributed by atoms with van der Waals surface area (Å²) in [4.78, 5) is 50.6. The second-order valence-corrected chi connectivity index (χ2v) is 8.48. The van der Waals surface area contributed by atoms with Crippen molar-refractivity contribution in [2.45, 2.75) is 56.0 Å². The maximum absolute atomic E-state index is 13.6. The Morgan fingerprint density at radius 2 is 2.06 bits per heavy atom. The van der Waals surface area contributed by atoms with Gasteiger partial charge in [0.05, 0.1) is 5.54 Å². The highest BCUT2D eigenvalue weighted by molar-refractivity contribution is 6.06. The number of hydrogen-bond donors (Lipinski definition) is 3. The summed E-state index contributed by atoms with van der Waals surface area (Å²) in [5.41, 5.74) is 5.51. The molecule has 1 saturated heterocycles. The van der Waals surface area contributed by atoms with Crippen molar-refractivity contribution in [1.82, 2.24) is 10.2 Å². The summed E-state index contributed by atoms with van der Waals surface area (Å²) in [5, 5.41) is 4.88. The maximum Gasteiger partial charge on any atom is 0.418 e. The van der Waals surface area contributed by atoms with Gasteiger partial charge in [-0.3, -0.25) is 14.4 Å². The first-order valence-electron chi connectivity index (χ1n) is 10.5. The van der Waals surface area contributed by atoms with Crippen LogP contribution in [0.25, 0.3) is 0 Å². The largest absolute Gasteiger partial charge is 0.427 e. The third kappa shape index (κ3) is 3.64. The molecule has 1 spiro atoms. The van der Waals surface area contributed by atoms with E-state index in [4.69, 9.17) is 10.5 Å². The van der Waals surface area contributed by atoms with Crippen LogP contribution in [0.1, 0.15) is 43.2 Å². The normalized spacial score (nSPS) is 23.9. The number of ether oxygens (including phenoxy) is 1. The lowest BCUT2D eigenvalue weighted by Crippen LogP contribution is -2.56. The van der Waals surface area contributed by atoms with E-state index in [1.165, 1.54) is 6.08 Å². The molecule has 2 aliphatic carbocycles. The van der Waals surface area contributed by atoms with E-state index in [0.29, 0.717) is 35.4 Å². The number of aryl methyl sites for hydroxylation is 1. The molecule has 10 heteroatoms. The molecule has 9 nitrogen and oxygen atoms in total. The van der Waals surface area contributed by atoms with Crippen LogP contribution in [0, 0.1) is 0 Å². The molecule has 1 heterocycles. The van der Waals surface area contributed by atoms with E-state index in [0.717, 1.165) is 12.0 Å². The van der Waals surface area contributed by atoms with Crippen LogP contribution >= 0.6 is 0 Å². The fraction of sp³-hybridized carbons (Fsp3) is 0.455. The van der Waals surface area contributed by atoms with Gasteiger partial charge < -0.3 is 21.1 Å². The number of nitrogens with one attached hydrogen (secondary N) is 2. The molecule has 4 N–H and O–H groups in total. The van der Waals surface area contributed by atoms with E-state index >= 15 is 0 Å². The van der Waals surface area contributed by atoms with Crippen LogP contribution < -0.4 is 16.4 Å². The zero-order valence-electron chi connectivity index (χ0n) is 17.5. The third-order valence-electron chi connectivity index (χ3n) is 6.31. The molecule has 2 atom stereocenters. The minimum atomic E-state index is -1.66. The lowest BCUT2D eigenvalue weighted by molar-refractivity contribution is -0.139. The zero-order valence-corrected chi connectivity index (χ0v) is 17.5. The molecular weight excluding hydrogens is 419 g/mol. The highest BCUT2D eigenvalue weighted by Gasteiger charge is 2.58. The van der Waals surface area contributed by atoms with Gasteiger partial charge in [0.15, 0.2) is 6.30 Å². The van der Waals surface area contributed by atoms with Gasteiger partial charge >= 0.3 is 6.09 Å². The van der Waals surface area contributed by atoms with Crippen LogP contribution in [0.2, 0.25) is 0 Å². The van der Waals surface area contributed by atoms with Gasteiger partial charge in [-0.15, -0.1) is 6.58 Å². The number of nitrogens with zero attached hydrogens (tertiary/aromatic N) is 1. The number of hydrogen-bond acceptors (Lipinski definition) is 6. The van der Waals surface area contributed by atoms with Gasteiger partial charge in [0, 0.05) is 24.1 Å². The van der Waals surface area contributed by atoms with Crippen molar-refractivity contribution >= 4 is 29.5 Å². The van der Waals surface area contributed by atoms with Gasteiger partial charge in [0.25, 0.3) is 5.91 Å². The summed E-state index contributed by atoms with van der Waals surface area (Å²) in [6.45, 7) is 2.75. The monoisotopic (exact) mass is 444 g/mol. The minimum absolute atomic E-state index is 0.0917. The molecule has 1 aromatic rings. The quantitative estimate of drug-likeness (QED) is 0.433. The van der Waals surface area contributed by atoms with Crippen molar-refractivity contribution in [1.29, 1.82) is 0 Å². The second-order valence-electron chi connectivity index (χ2n) is 8.48. The van der Waals surface area contributed by atoms with Gasteiger partial charge in [-0.05, 0) is 43.4 Å². The first kappa shape index (κ1) is 21.9. The minimum Gasteiger partial charge on any atom is -0.427 e. The van der Waals surface area contributed by atoms with Gasteiger partial charge in [-0.2, -0.15) is 0 Å². The average Bonchev–Trinajstić information content (AvgIpc) is 3.18. The lowest BCUT2D eigenvalue weighted by Gasteiger charge is -2.36. The molecule has 1 saturated carbocycles. The number of fused-ring (bicyclic) bond motifs is 2. The fourth-order valence-corrected chi connectivity index (χ4v) is 4.34. The van der Waals surface area contributed by atoms with E-state index in [1.54, 1.807) is 18.2 Å². The Balaban J connectivity index is 1.48. The van der Waals surface area contributed by atoms with Crippen molar-refractivity contribution < 1.29 is 28.3 Å². The Morgan fingerprint density at radius 1 is 1.31 bits per heavy atom. The van der Waals surface area contributed by atoms with E-state index in [9.17, 15) is 23.6 Å². The van der Waals surface area contributed by atoms with Crippen LogP contribution in [-0.4, -0.2) is 47.1 Å². The van der Waals surface area contributed by atoms with Crippen LogP contribution in [0.4, 0.5) is 14.9 Å². The standard InChI is InChI=1S/C22H25FN4O5/c1-2-4-16(23)26-17(28)12-27-19(30)22(32-20(27)31)10-7-13-11-14(5-6-15(13)22)25-18(29)21(24)8-3-9-21/h2,5-6,11,16H,1,3-4,7-10,12,24H2,(H,25,29)(H,26,28)/t16?,22-/m0/s1. The summed E-state index contributed by atoms with van der Waals surface area (Å²) in [7, 11) is 0. The number of amides is 4. The summed E-state index contributed by atoms with van der Waals surface area (Å²) in [5.74, 6) is -1.73. The van der Waals surface area contributed by atoms with Crippen molar-refractivity contribution in [3.05, 3.63) is 42.0 Å². The predicted octanol–water partition coefficient (Wildman–Crippen LogP) is 1.61. The third-order valence-corrected chi connectivity index (χ3v) is 6.31. The van der Waals surface area contributed by atoms with Crippen molar-refractivity contribution in [2.24, 2.45) is 5.73 Å². The second kappa shape index (κ2) is 8.01. The van der Waals surface area contributed by atoms with Crippen molar-refractivity contribution in [3.63, 3.8) is 0 Å². The molecule has 32 heavy (non-hydrogen) atoms. The number of rotatable bonds is 7. The molecule has 1 aliphatic heterocycles. The van der Waals surface area contributed by atoms with E-state index in [2.05, 4.69) is 17.2 Å². The van der Waals surface area contributed by atoms with E-state index in [-0.39, 0.29) is 18.7 Å². The molecule has 1 aromatic carbocycles. The first-order valence-corrected chi connectivity index (χ1v) is 10.5. The van der Waals surface area contributed by atoms with Crippen molar-refractivity contribution in [3.8, 4) is 0 Å². The Hall–Kier alpha value is -3.27. The summed E-state index contributed by atoms with van der Waals surface area (Å²) in [6.07, 6.45) is 1.45. The molecule has 0 aromatic heterocycles. The number of carbonyl (C=O) groups is 4. The van der Waals surface area contributed by atoms with Gasteiger partial charge in [-0.1, -0.05) is 12.1 Å². The van der Waals surface area contributed by atoms with E-state index < -0.39 is 41.9 Å². The molecule has 0 bridgehead atoms.